The number of hydrogen-bond donors (Lipinski definition) is 0. The van der Waals surface area contributed by atoms with Crippen molar-refractivity contribution in [3.05, 3.63) is 34.3 Å². The Kier molecular flexibility index (Phi) is 7.75. The third-order valence-corrected chi connectivity index (χ3v) is 4.84. The van der Waals surface area contributed by atoms with Crippen LogP contribution in [-0.4, -0.2) is 61.7 Å². The van der Waals surface area contributed by atoms with E-state index in [1.807, 2.05) is 0 Å². The van der Waals surface area contributed by atoms with Gasteiger partial charge in [-0.25, -0.2) is 0 Å². The van der Waals surface area contributed by atoms with E-state index in [9.17, 15) is 24.0 Å². The van der Waals surface area contributed by atoms with Crippen LogP contribution in [0, 0.1) is 5.92 Å². The van der Waals surface area contributed by atoms with Gasteiger partial charge in [0.05, 0.1) is 26.9 Å². The maximum atomic E-state index is 13.6. The van der Waals surface area contributed by atoms with Crippen LogP contribution in [0.5, 0.6) is 0 Å². The Labute approximate surface area is 183 Å². The van der Waals surface area contributed by atoms with Crippen LogP contribution in [0.15, 0.2) is 18.2 Å². The molecule has 168 valence electrons. The molecule has 0 N–H and O–H groups in total. The van der Waals surface area contributed by atoms with E-state index in [1.54, 1.807) is 0 Å². The highest BCUT2D eigenvalue weighted by atomic mass is 35.5. The van der Waals surface area contributed by atoms with E-state index in [0.29, 0.717) is 5.06 Å². The predicted molar refractivity (Wildman–Crippen MR) is 105 cm³/mol. The van der Waals surface area contributed by atoms with Crippen molar-refractivity contribution in [2.24, 2.45) is 5.92 Å². The number of esters is 3. The molecule has 1 unspecified atom stereocenters. The van der Waals surface area contributed by atoms with E-state index in [-0.39, 0.29) is 36.0 Å². The third kappa shape index (κ3) is 4.00. The molecule has 0 saturated carbocycles. The van der Waals surface area contributed by atoms with Gasteiger partial charge < -0.3 is 14.2 Å². The average Bonchev–Trinajstić information content (AvgIpc) is 2.71. The molecular formula is C20H22ClNO9. The summed E-state index contributed by atoms with van der Waals surface area (Å²) >= 11 is 6.09. The first-order chi connectivity index (χ1) is 14.7. The van der Waals surface area contributed by atoms with Crippen LogP contribution >= 0.6 is 11.6 Å². The molecule has 1 atom stereocenters. The number of fused-ring (bicyclic) bond motifs is 1. The number of carbonyl (C=O) groups is 5. The predicted octanol–water partition coefficient (Wildman–Crippen LogP) is 1.43. The molecular weight excluding hydrogens is 434 g/mol. The second kappa shape index (κ2) is 9.88. The number of rotatable bonds is 8. The van der Waals surface area contributed by atoms with Gasteiger partial charge >= 0.3 is 17.9 Å². The van der Waals surface area contributed by atoms with Crippen LogP contribution in [0.4, 0.5) is 0 Å². The lowest BCUT2D eigenvalue weighted by molar-refractivity contribution is -0.190. The lowest BCUT2D eigenvalue weighted by Gasteiger charge is -2.41. The normalized spacial score (nSPS) is 17.9. The molecule has 11 heteroatoms. The van der Waals surface area contributed by atoms with Gasteiger partial charge in [0.2, 0.25) is 0 Å². The van der Waals surface area contributed by atoms with Crippen molar-refractivity contribution in [2.45, 2.75) is 26.2 Å². The Morgan fingerprint density at radius 2 is 1.55 bits per heavy atom. The molecule has 1 aromatic carbocycles. The summed E-state index contributed by atoms with van der Waals surface area (Å²) in [4.78, 5) is 70.5. The van der Waals surface area contributed by atoms with Gasteiger partial charge in [0.15, 0.2) is 11.3 Å². The minimum Gasteiger partial charge on any atom is -0.465 e. The maximum Gasteiger partial charge on any atom is 0.327 e. The van der Waals surface area contributed by atoms with Gasteiger partial charge in [-0.1, -0.05) is 11.6 Å². The molecule has 0 saturated heterocycles. The van der Waals surface area contributed by atoms with E-state index in [1.165, 1.54) is 32.9 Å². The minimum absolute atomic E-state index is 0.0466. The molecule has 0 radical (unpaired) electrons. The first-order valence-corrected chi connectivity index (χ1v) is 9.83. The molecule has 10 nitrogen and oxygen atoms in total. The monoisotopic (exact) mass is 455 g/mol. The number of imide groups is 1. The summed E-state index contributed by atoms with van der Waals surface area (Å²) in [6, 6.07) is 3.75. The number of hydrogen-bond acceptors (Lipinski definition) is 9. The van der Waals surface area contributed by atoms with E-state index >= 15 is 0 Å². The smallest absolute Gasteiger partial charge is 0.327 e. The fourth-order valence-electron chi connectivity index (χ4n) is 3.41. The third-order valence-electron chi connectivity index (χ3n) is 4.60. The van der Waals surface area contributed by atoms with Crippen LogP contribution in [0.1, 0.15) is 36.7 Å². The molecule has 0 fully saturated rings. The van der Waals surface area contributed by atoms with Gasteiger partial charge in [-0.05, 0) is 44.5 Å². The van der Waals surface area contributed by atoms with Crippen molar-refractivity contribution < 1.29 is 43.0 Å². The molecule has 1 aliphatic rings. The standard InChI is InChI=1S/C20H22ClNO9/c1-5-29-16(24)14(17(25)30-6-2)20(19(27)31-7-3)13-10-11(21)8-9-12(13)15(23)22(28-4)18(20)26/h8-10,14H,5-7H2,1-4H3. The zero-order valence-electron chi connectivity index (χ0n) is 17.4. The van der Waals surface area contributed by atoms with Crippen LogP contribution in [0.2, 0.25) is 5.02 Å². The Morgan fingerprint density at radius 1 is 1.00 bits per heavy atom. The highest BCUT2D eigenvalue weighted by Gasteiger charge is 2.67. The molecule has 0 aromatic heterocycles. The zero-order valence-corrected chi connectivity index (χ0v) is 18.2. The molecule has 1 heterocycles. The van der Waals surface area contributed by atoms with Gasteiger partial charge in [0, 0.05) is 10.6 Å². The van der Waals surface area contributed by atoms with Crippen LogP contribution in [0.25, 0.3) is 0 Å². The van der Waals surface area contributed by atoms with Crippen molar-refractivity contribution in [1.29, 1.82) is 0 Å². The van der Waals surface area contributed by atoms with Crippen molar-refractivity contribution in [1.82, 2.24) is 5.06 Å². The average molecular weight is 456 g/mol. The summed E-state index contributed by atoms with van der Waals surface area (Å²) in [5.41, 5.74) is -3.14. The van der Waals surface area contributed by atoms with Gasteiger partial charge in [-0.3, -0.25) is 28.8 Å². The van der Waals surface area contributed by atoms with Crippen LogP contribution in [-0.2, 0) is 43.6 Å². The summed E-state index contributed by atoms with van der Waals surface area (Å²) in [5, 5.41) is 0.337. The number of nitrogens with zero attached hydrogens (tertiary/aromatic N) is 1. The molecule has 31 heavy (non-hydrogen) atoms. The van der Waals surface area contributed by atoms with Gasteiger partial charge in [0.25, 0.3) is 11.8 Å². The van der Waals surface area contributed by atoms with E-state index in [0.717, 1.165) is 13.2 Å². The summed E-state index contributed by atoms with van der Waals surface area (Å²) < 4.78 is 15.1. The summed E-state index contributed by atoms with van der Waals surface area (Å²) in [7, 11) is 1.02. The number of carbonyl (C=O) groups excluding carboxylic acids is 5. The summed E-state index contributed by atoms with van der Waals surface area (Å²) in [5.74, 6) is -8.02. The van der Waals surface area contributed by atoms with E-state index in [4.69, 9.17) is 30.6 Å². The Morgan fingerprint density at radius 3 is 2.03 bits per heavy atom. The minimum atomic E-state index is -2.67. The van der Waals surface area contributed by atoms with E-state index < -0.39 is 41.1 Å². The Hall–Kier alpha value is -2.98. The molecule has 2 amide bonds. The summed E-state index contributed by atoms with van der Waals surface area (Å²) in [6.07, 6.45) is 0. The van der Waals surface area contributed by atoms with Crippen LogP contribution < -0.4 is 0 Å². The van der Waals surface area contributed by atoms with Crippen LogP contribution in [0.3, 0.4) is 0 Å². The topological polar surface area (TPSA) is 126 Å². The number of amides is 2. The number of ether oxygens (including phenoxy) is 3. The molecule has 2 rings (SSSR count). The Balaban J connectivity index is 3.00. The molecule has 1 aliphatic heterocycles. The first kappa shape index (κ1) is 24.3. The lowest BCUT2D eigenvalue weighted by atomic mass is 9.65. The number of benzene rings is 1. The second-order valence-electron chi connectivity index (χ2n) is 6.24. The van der Waals surface area contributed by atoms with Gasteiger partial charge in [-0.15, -0.1) is 5.06 Å². The van der Waals surface area contributed by atoms with Crippen molar-refractivity contribution in [3.8, 4) is 0 Å². The fourth-order valence-corrected chi connectivity index (χ4v) is 3.58. The maximum absolute atomic E-state index is 13.6. The van der Waals surface area contributed by atoms with Crippen molar-refractivity contribution >= 4 is 41.3 Å². The van der Waals surface area contributed by atoms with Crippen molar-refractivity contribution in [2.75, 3.05) is 26.9 Å². The van der Waals surface area contributed by atoms with E-state index in [2.05, 4.69) is 0 Å². The summed E-state index contributed by atoms with van der Waals surface area (Å²) in [6.45, 7) is 3.93. The zero-order chi connectivity index (χ0) is 23.3. The highest BCUT2D eigenvalue weighted by Crippen LogP contribution is 2.44. The fraction of sp³-hybridized carbons (Fsp3) is 0.450. The first-order valence-electron chi connectivity index (χ1n) is 9.45. The quantitative estimate of drug-likeness (QED) is 0.247. The van der Waals surface area contributed by atoms with Gasteiger partial charge in [0.1, 0.15) is 0 Å². The molecule has 0 aliphatic carbocycles. The van der Waals surface area contributed by atoms with Crippen molar-refractivity contribution in [3.63, 3.8) is 0 Å². The van der Waals surface area contributed by atoms with Gasteiger partial charge in [-0.2, -0.15) is 0 Å². The Bertz CT molecular complexity index is 898. The molecule has 0 spiro atoms. The SMILES string of the molecule is CCOC(=O)C(C(=O)OCC)C1(C(=O)OCC)C(=O)N(OC)C(=O)c2ccc(Cl)cc21. The highest BCUT2D eigenvalue weighted by molar-refractivity contribution is 6.31. The largest absolute Gasteiger partial charge is 0.465 e. The molecule has 0 bridgehead atoms. The molecule has 1 aromatic rings. The lowest BCUT2D eigenvalue weighted by Crippen LogP contribution is -2.64. The second-order valence-corrected chi connectivity index (χ2v) is 6.68. The number of halogens is 1. The number of hydroxylamine groups is 2.